The van der Waals surface area contributed by atoms with Crippen molar-refractivity contribution < 1.29 is 14.5 Å². The van der Waals surface area contributed by atoms with Gasteiger partial charge in [0.25, 0.3) is 5.91 Å². The lowest BCUT2D eigenvalue weighted by Crippen LogP contribution is -2.39. The van der Waals surface area contributed by atoms with Gasteiger partial charge >= 0.3 is 5.69 Å². The van der Waals surface area contributed by atoms with Crippen molar-refractivity contribution in [1.29, 1.82) is 0 Å². The van der Waals surface area contributed by atoms with Gasteiger partial charge in [-0.1, -0.05) is 30.3 Å². The Balaban J connectivity index is 1.91. The van der Waals surface area contributed by atoms with E-state index >= 15 is 0 Å². The molecule has 0 aromatic heterocycles. The van der Waals surface area contributed by atoms with Crippen LogP contribution in [0.4, 0.5) is 5.69 Å². The Hall–Kier alpha value is -2.89. The van der Waals surface area contributed by atoms with Gasteiger partial charge in [0.15, 0.2) is 5.75 Å². The zero-order chi connectivity index (χ0) is 19.4. The van der Waals surface area contributed by atoms with Crippen LogP contribution in [0, 0.1) is 16.0 Å². The van der Waals surface area contributed by atoms with Gasteiger partial charge in [0.2, 0.25) is 0 Å². The molecule has 0 bridgehead atoms. The van der Waals surface area contributed by atoms with E-state index in [0.29, 0.717) is 24.6 Å². The van der Waals surface area contributed by atoms with Crippen molar-refractivity contribution in [3.63, 3.8) is 0 Å². The Morgan fingerprint density at radius 2 is 1.96 bits per heavy atom. The summed E-state index contributed by atoms with van der Waals surface area (Å²) in [6, 6.07) is 14.3. The first-order chi connectivity index (χ1) is 13.0. The highest BCUT2D eigenvalue weighted by Gasteiger charge is 2.35. The second-order valence-corrected chi connectivity index (χ2v) is 6.87. The molecule has 1 fully saturated rings. The van der Waals surface area contributed by atoms with E-state index in [1.54, 1.807) is 13.0 Å². The maximum Gasteiger partial charge on any atom is 0.311 e. The number of carbonyl (C=O) groups is 1. The topological polar surface area (TPSA) is 72.7 Å². The number of carbonyl (C=O) groups excluding carboxylic acids is 1. The summed E-state index contributed by atoms with van der Waals surface area (Å²) in [4.78, 5) is 25.9. The molecule has 3 rings (SSSR count). The second-order valence-electron chi connectivity index (χ2n) is 6.87. The van der Waals surface area contributed by atoms with Crippen LogP contribution in [0.25, 0.3) is 0 Å². The number of nitro benzene ring substituents is 1. The molecule has 1 unspecified atom stereocenters. The Labute approximate surface area is 158 Å². The molecule has 6 nitrogen and oxygen atoms in total. The standard InChI is InChI=1S/C21H24N2O4/c1-3-27-20-12-11-18(13-19(20)23(25)26)21(24)22(15(2)17-9-10-17)14-16-7-5-4-6-8-16/h4-8,11-13,15,17H,3,9-10,14H2,1-2H3. The fourth-order valence-electron chi connectivity index (χ4n) is 3.25. The zero-order valence-corrected chi connectivity index (χ0v) is 15.6. The van der Waals surface area contributed by atoms with Gasteiger partial charge < -0.3 is 9.64 Å². The Morgan fingerprint density at radius 3 is 2.56 bits per heavy atom. The summed E-state index contributed by atoms with van der Waals surface area (Å²) < 4.78 is 5.32. The number of amides is 1. The van der Waals surface area contributed by atoms with Crippen LogP contribution in [-0.2, 0) is 6.54 Å². The van der Waals surface area contributed by atoms with Gasteiger partial charge in [-0.05, 0) is 50.3 Å². The molecule has 0 saturated heterocycles. The van der Waals surface area contributed by atoms with Gasteiger partial charge in [0, 0.05) is 24.2 Å². The molecule has 1 saturated carbocycles. The Bertz CT molecular complexity index is 818. The minimum Gasteiger partial charge on any atom is -0.487 e. The summed E-state index contributed by atoms with van der Waals surface area (Å²) in [5.74, 6) is 0.489. The predicted molar refractivity (Wildman–Crippen MR) is 103 cm³/mol. The average Bonchev–Trinajstić information content (AvgIpc) is 3.51. The summed E-state index contributed by atoms with van der Waals surface area (Å²) in [6.07, 6.45) is 2.23. The molecule has 6 heteroatoms. The molecular weight excluding hydrogens is 344 g/mol. The average molecular weight is 368 g/mol. The highest BCUT2D eigenvalue weighted by atomic mass is 16.6. The van der Waals surface area contributed by atoms with Crippen LogP contribution >= 0.6 is 0 Å². The van der Waals surface area contributed by atoms with Crippen LogP contribution in [-0.4, -0.2) is 28.4 Å². The molecule has 1 amide bonds. The highest BCUT2D eigenvalue weighted by molar-refractivity contribution is 5.95. The zero-order valence-electron chi connectivity index (χ0n) is 15.6. The monoisotopic (exact) mass is 368 g/mol. The summed E-state index contributed by atoms with van der Waals surface area (Å²) >= 11 is 0. The quantitative estimate of drug-likeness (QED) is 0.510. The maximum absolute atomic E-state index is 13.2. The summed E-state index contributed by atoms with van der Waals surface area (Å²) in [5, 5.41) is 11.4. The molecule has 0 heterocycles. The number of nitrogens with zero attached hydrogens (tertiary/aromatic N) is 2. The van der Waals surface area contributed by atoms with E-state index in [9.17, 15) is 14.9 Å². The smallest absolute Gasteiger partial charge is 0.311 e. The lowest BCUT2D eigenvalue weighted by molar-refractivity contribution is -0.385. The van der Waals surface area contributed by atoms with E-state index in [0.717, 1.165) is 18.4 Å². The fraction of sp³-hybridized carbons (Fsp3) is 0.381. The summed E-state index contributed by atoms with van der Waals surface area (Å²) in [7, 11) is 0. The first-order valence-corrected chi connectivity index (χ1v) is 9.27. The van der Waals surface area contributed by atoms with Crippen molar-refractivity contribution in [2.75, 3.05) is 6.61 Å². The number of hydrogen-bond acceptors (Lipinski definition) is 4. The number of nitro groups is 1. The summed E-state index contributed by atoms with van der Waals surface area (Å²) in [6.45, 7) is 4.63. The van der Waals surface area contributed by atoms with Crippen molar-refractivity contribution in [3.05, 3.63) is 69.8 Å². The van der Waals surface area contributed by atoms with E-state index < -0.39 is 4.92 Å². The molecular formula is C21H24N2O4. The number of rotatable bonds is 8. The molecule has 2 aromatic carbocycles. The third-order valence-electron chi connectivity index (χ3n) is 4.95. The van der Waals surface area contributed by atoms with Crippen molar-refractivity contribution in [2.45, 2.75) is 39.3 Å². The van der Waals surface area contributed by atoms with Crippen LogP contribution < -0.4 is 4.74 Å². The normalized spacial score (nSPS) is 14.4. The fourth-order valence-corrected chi connectivity index (χ4v) is 3.25. The van der Waals surface area contributed by atoms with Crippen LogP contribution in [0.2, 0.25) is 0 Å². The minimum atomic E-state index is -0.506. The van der Waals surface area contributed by atoms with Crippen molar-refractivity contribution >= 4 is 11.6 Å². The van der Waals surface area contributed by atoms with E-state index in [-0.39, 0.29) is 23.4 Å². The lowest BCUT2D eigenvalue weighted by Gasteiger charge is -2.30. The minimum absolute atomic E-state index is 0.0864. The SMILES string of the molecule is CCOc1ccc(C(=O)N(Cc2ccccc2)C(C)C2CC2)cc1[N+](=O)[O-]. The molecule has 1 atom stereocenters. The predicted octanol–water partition coefficient (Wildman–Crippen LogP) is 4.43. The van der Waals surface area contributed by atoms with Crippen molar-refractivity contribution in [2.24, 2.45) is 5.92 Å². The molecule has 1 aliphatic rings. The molecule has 0 spiro atoms. The van der Waals surface area contributed by atoms with Gasteiger partial charge in [-0.15, -0.1) is 0 Å². The van der Waals surface area contributed by atoms with Gasteiger partial charge in [0.05, 0.1) is 11.5 Å². The molecule has 0 aliphatic heterocycles. The van der Waals surface area contributed by atoms with Crippen LogP contribution in [0.15, 0.2) is 48.5 Å². The Morgan fingerprint density at radius 1 is 1.26 bits per heavy atom. The van der Waals surface area contributed by atoms with Crippen LogP contribution in [0.3, 0.4) is 0 Å². The molecule has 1 aliphatic carbocycles. The molecule has 142 valence electrons. The van der Waals surface area contributed by atoms with E-state index in [2.05, 4.69) is 6.92 Å². The van der Waals surface area contributed by atoms with Gasteiger partial charge in [0.1, 0.15) is 0 Å². The highest BCUT2D eigenvalue weighted by Crippen LogP contribution is 2.37. The van der Waals surface area contributed by atoms with E-state index in [4.69, 9.17) is 4.74 Å². The third kappa shape index (κ3) is 4.45. The van der Waals surface area contributed by atoms with E-state index in [1.807, 2.05) is 35.2 Å². The van der Waals surface area contributed by atoms with Gasteiger partial charge in [-0.25, -0.2) is 0 Å². The first-order valence-electron chi connectivity index (χ1n) is 9.27. The van der Waals surface area contributed by atoms with Crippen molar-refractivity contribution in [1.82, 2.24) is 4.90 Å². The number of hydrogen-bond donors (Lipinski definition) is 0. The lowest BCUT2D eigenvalue weighted by atomic mass is 10.1. The summed E-state index contributed by atoms with van der Waals surface area (Å²) in [5.41, 5.74) is 1.17. The van der Waals surface area contributed by atoms with E-state index in [1.165, 1.54) is 12.1 Å². The molecule has 27 heavy (non-hydrogen) atoms. The van der Waals surface area contributed by atoms with Gasteiger partial charge in [-0.2, -0.15) is 0 Å². The van der Waals surface area contributed by atoms with Gasteiger partial charge in [-0.3, -0.25) is 14.9 Å². The molecule has 2 aromatic rings. The molecule has 0 radical (unpaired) electrons. The first kappa shape index (κ1) is 18.9. The van der Waals surface area contributed by atoms with Crippen LogP contribution in [0.1, 0.15) is 42.6 Å². The van der Waals surface area contributed by atoms with Crippen molar-refractivity contribution in [3.8, 4) is 5.75 Å². The number of benzene rings is 2. The maximum atomic E-state index is 13.2. The Kier molecular flexibility index (Phi) is 5.74. The second kappa shape index (κ2) is 8.20. The third-order valence-corrected chi connectivity index (χ3v) is 4.95. The van der Waals surface area contributed by atoms with Crippen LogP contribution in [0.5, 0.6) is 5.75 Å². The molecule has 0 N–H and O–H groups in total. The number of ether oxygens (including phenoxy) is 1. The largest absolute Gasteiger partial charge is 0.487 e.